The topological polar surface area (TPSA) is 51.2 Å². The number of rotatable bonds is 6. The first kappa shape index (κ1) is 21.6. The van der Waals surface area contributed by atoms with Gasteiger partial charge in [0.25, 0.3) is 0 Å². The number of hydrogen-bond acceptors (Lipinski definition) is 4. The van der Waals surface area contributed by atoms with Gasteiger partial charge in [-0.15, -0.1) is 0 Å². The van der Waals surface area contributed by atoms with E-state index in [2.05, 4.69) is 64.9 Å². The van der Waals surface area contributed by atoms with Crippen LogP contribution in [0.4, 0.5) is 0 Å². The van der Waals surface area contributed by atoms with Gasteiger partial charge in [0, 0.05) is 37.6 Å². The van der Waals surface area contributed by atoms with E-state index in [0.29, 0.717) is 5.02 Å². The maximum atomic E-state index is 6.76. The lowest BCUT2D eigenvalue weighted by atomic mass is 10.1. The molecule has 6 nitrogen and oxygen atoms in total. The highest BCUT2D eigenvalue weighted by Gasteiger charge is 2.23. The van der Waals surface area contributed by atoms with Crippen LogP contribution in [0.25, 0.3) is 22.6 Å². The smallest absolute Gasteiger partial charge is 0.221 e. The number of pyridine rings is 2. The first-order valence-electron chi connectivity index (χ1n) is 11.1. The second-order valence-corrected chi connectivity index (χ2v) is 9.09. The summed E-state index contributed by atoms with van der Waals surface area (Å²) in [7, 11) is 2.14. The van der Waals surface area contributed by atoms with Gasteiger partial charge in [0.2, 0.25) is 5.78 Å². The van der Waals surface area contributed by atoms with E-state index in [9.17, 15) is 0 Å². The van der Waals surface area contributed by atoms with Crippen LogP contribution in [0, 0.1) is 20.8 Å². The summed E-state index contributed by atoms with van der Waals surface area (Å²) in [6, 6.07) is 14.3. The summed E-state index contributed by atoms with van der Waals surface area (Å²) in [5, 5.41) is 0.701. The van der Waals surface area contributed by atoms with Crippen molar-refractivity contribution >= 4 is 28.5 Å². The average Bonchev–Trinajstić information content (AvgIpc) is 3.26. The van der Waals surface area contributed by atoms with Crippen LogP contribution in [0.15, 0.2) is 54.9 Å². The van der Waals surface area contributed by atoms with Crippen LogP contribution in [0.5, 0.6) is 0 Å². The first-order chi connectivity index (χ1) is 15.9. The molecule has 0 fully saturated rings. The van der Waals surface area contributed by atoms with Crippen LogP contribution >= 0.6 is 11.6 Å². The van der Waals surface area contributed by atoms with E-state index in [-0.39, 0.29) is 0 Å². The number of hydrogen-bond donors (Lipinski definition) is 0. The van der Waals surface area contributed by atoms with Crippen molar-refractivity contribution in [1.29, 1.82) is 0 Å². The molecule has 4 heterocycles. The normalized spacial score (nSPS) is 11.8. The molecule has 1 aromatic carbocycles. The van der Waals surface area contributed by atoms with Crippen LogP contribution in [0.3, 0.4) is 0 Å². The third-order valence-electron chi connectivity index (χ3n) is 6.09. The number of halogens is 1. The van der Waals surface area contributed by atoms with Gasteiger partial charge in [0.05, 0.1) is 27.6 Å². The van der Waals surface area contributed by atoms with Crippen molar-refractivity contribution in [3.8, 4) is 5.69 Å². The molecule has 168 valence electrons. The lowest BCUT2D eigenvalue weighted by molar-refractivity contribution is 0.324. The zero-order valence-electron chi connectivity index (χ0n) is 19.4. The van der Waals surface area contributed by atoms with Crippen molar-refractivity contribution in [1.82, 2.24) is 28.8 Å². The van der Waals surface area contributed by atoms with Crippen LogP contribution in [0.2, 0.25) is 5.02 Å². The minimum absolute atomic E-state index is 0.701. The molecule has 5 rings (SSSR count). The Morgan fingerprint density at radius 3 is 2.58 bits per heavy atom. The number of imidazole rings is 2. The van der Waals surface area contributed by atoms with E-state index in [0.717, 1.165) is 70.3 Å². The summed E-state index contributed by atoms with van der Waals surface area (Å²) < 4.78 is 4.32. The zero-order valence-corrected chi connectivity index (χ0v) is 20.1. The van der Waals surface area contributed by atoms with Gasteiger partial charge >= 0.3 is 0 Å². The second kappa shape index (κ2) is 8.61. The molecule has 7 heteroatoms. The zero-order chi connectivity index (χ0) is 23.1. The number of aryl methyl sites for hydroxylation is 3. The van der Waals surface area contributed by atoms with Crippen LogP contribution in [-0.4, -0.2) is 42.4 Å². The first-order valence-corrected chi connectivity index (χ1v) is 11.5. The van der Waals surface area contributed by atoms with Crippen molar-refractivity contribution in [2.45, 2.75) is 33.7 Å². The lowest BCUT2D eigenvalue weighted by Gasteiger charge is -2.16. The summed E-state index contributed by atoms with van der Waals surface area (Å²) in [5.74, 6) is 0.836. The Morgan fingerprint density at radius 2 is 1.82 bits per heavy atom. The second-order valence-electron chi connectivity index (χ2n) is 8.68. The van der Waals surface area contributed by atoms with Gasteiger partial charge in [-0.1, -0.05) is 23.7 Å². The molecular weight excluding hydrogens is 432 g/mol. The van der Waals surface area contributed by atoms with Gasteiger partial charge in [0.1, 0.15) is 0 Å². The van der Waals surface area contributed by atoms with Crippen molar-refractivity contribution in [3.63, 3.8) is 0 Å². The monoisotopic (exact) mass is 458 g/mol. The third-order valence-corrected chi connectivity index (χ3v) is 6.38. The standard InChI is InChI=1S/C26H27ClN6/c1-17-14-18(2)24(21(27)15-17)33-25-22(9-7-12-29-25)32-23(19(3)30-26(32)33)16-31(4)13-10-20-8-5-6-11-28-20/h5-9,11-12,14-15H,10,13,16H2,1-4H3. The van der Waals surface area contributed by atoms with Gasteiger partial charge < -0.3 is 4.90 Å². The summed E-state index contributed by atoms with van der Waals surface area (Å²) >= 11 is 6.76. The Balaban J connectivity index is 1.60. The maximum absolute atomic E-state index is 6.76. The Hall–Kier alpha value is -3.22. The highest BCUT2D eigenvalue weighted by molar-refractivity contribution is 6.32. The molecule has 0 amide bonds. The van der Waals surface area contributed by atoms with Gasteiger partial charge in [-0.25, -0.2) is 9.97 Å². The van der Waals surface area contributed by atoms with Gasteiger partial charge in [-0.05, 0) is 69.3 Å². The Kier molecular flexibility index (Phi) is 5.64. The summed E-state index contributed by atoms with van der Waals surface area (Å²) in [6.07, 6.45) is 4.57. The number of benzene rings is 1. The van der Waals surface area contributed by atoms with Crippen molar-refractivity contribution < 1.29 is 0 Å². The summed E-state index contributed by atoms with van der Waals surface area (Å²) in [6.45, 7) is 7.90. The highest BCUT2D eigenvalue weighted by Crippen LogP contribution is 2.33. The third kappa shape index (κ3) is 3.90. The quantitative estimate of drug-likeness (QED) is 0.345. The predicted octanol–water partition coefficient (Wildman–Crippen LogP) is 5.32. The van der Waals surface area contributed by atoms with Crippen molar-refractivity contribution in [3.05, 3.63) is 88.1 Å². The molecule has 0 aliphatic carbocycles. The molecule has 0 radical (unpaired) electrons. The fourth-order valence-electron chi connectivity index (χ4n) is 4.55. The number of fused-ring (bicyclic) bond motifs is 3. The fraction of sp³-hybridized carbons (Fsp3) is 0.269. The molecule has 0 aliphatic rings. The molecule has 33 heavy (non-hydrogen) atoms. The van der Waals surface area contributed by atoms with Gasteiger partial charge in [-0.2, -0.15) is 0 Å². The number of aromatic nitrogens is 5. The number of likely N-dealkylation sites (N-methyl/N-ethyl adjacent to an activating group) is 1. The predicted molar refractivity (Wildman–Crippen MR) is 133 cm³/mol. The minimum atomic E-state index is 0.701. The molecule has 5 aromatic rings. The Bertz CT molecular complexity index is 1430. The van der Waals surface area contributed by atoms with E-state index < -0.39 is 0 Å². The SMILES string of the molecule is Cc1cc(C)c(-n2c3ncccc3n3c(CN(C)CCc4ccccn4)c(C)nc23)c(Cl)c1. The van der Waals surface area contributed by atoms with Crippen molar-refractivity contribution in [2.24, 2.45) is 0 Å². The molecule has 4 aromatic heterocycles. The van der Waals surface area contributed by atoms with E-state index in [1.165, 1.54) is 0 Å². The molecule has 0 spiro atoms. The summed E-state index contributed by atoms with van der Waals surface area (Å²) in [5.41, 5.74) is 8.31. The van der Waals surface area contributed by atoms with Crippen molar-refractivity contribution in [2.75, 3.05) is 13.6 Å². The largest absolute Gasteiger partial charge is 0.300 e. The number of nitrogens with zero attached hydrogens (tertiary/aromatic N) is 6. The maximum Gasteiger partial charge on any atom is 0.221 e. The van der Waals surface area contributed by atoms with Gasteiger partial charge in [0.15, 0.2) is 5.65 Å². The summed E-state index contributed by atoms with van der Waals surface area (Å²) in [4.78, 5) is 16.5. The molecule has 0 unspecified atom stereocenters. The van der Waals surface area contributed by atoms with E-state index >= 15 is 0 Å². The fourth-order valence-corrected chi connectivity index (χ4v) is 4.95. The van der Waals surface area contributed by atoms with Gasteiger partial charge in [-0.3, -0.25) is 14.0 Å². The minimum Gasteiger partial charge on any atom is -0.300 e. The van der Waals surface area contributed by atoms with Crippen LogP contribution in [0.1, 0.15) is 28.2 Å². The molecular formula is C26H27ClN6. The Morgan fingerprint density at radius 1 is 1.00 bits per heavy atom. The molecule has 0 aliphatic heterocycles. The highest BCUT2D eigenvalue weighted by atomic mass is 35.5. The van der Waals surface area contributed by atoms with E-state index in [4.69, 9.17) is 21.6 Å². The lowest BCUT2D eigenvalue weighted by Crippen LogP contribution is -2.22. The molecule has 0 N–H and O–H groups in total. The van der Waals surface area contributed by atoms with E-state index in [1.54, 1.807) is 0 Å². The Labute approximate surface area is 198 Å². The van der Waals surface area contributed by atoms with E-state index in [1.807, 2.05) is 36.7 Å². The van der Waals surface area contributed by atoms with Crippen LogP contribution in [-0.2, 0) is 13.0 Å². The molecule has 0 saturated heterocycles. The molecule has 0 atom stereocenters. The van der Waals surface area contributed by atoms with Crippen LogP contribution < -0.4 is 0 Å². The average molecular weight is 459 g/mol. The molecule has 0 saturated carbocycles. The molecule has 0 bridgehead atoms.